The first kappa shape index (κ1) is 16.4. The quantitative estimate of drug-likeness (QED) is 0.925. The van der Waals surface area contributed by atoms with E-state index in [0.717, 1.165) is 11.3 Å². The third kappa shape index (κ3) is 3.23. The molecule has 126 valence electrons. The molecular weight excluding hydrogens is 306 g/mol. The molecule has 1 aliphatic heterocycles. The molecule has 3 heterocycles. The summed E-state index contributed by atoms with van der Waals surface area (Å²) < 4.78 is 5.33. The van der Waals surface area contributed by atoms with Crippen LogP contribution in [0.5, 0.6) is 0 Å². The number of nitrogens with one attached hydrogen (secondary N) is 1. The number of carbonyl (C=O) groups excluding carboxylic acids is 1. The molecule has 2 aromatic heterocycles. The lowest BCUT2D eigenvalue weighted by Crippen LogP contribution is -2.33. The van der Waals surface area contributed by atoms with Crippen LogP contribution in [0.15, 0.2) is 41.5 Å². The van der Waals surface area contributed by atoms with Crippen LogP contribution in [0.3, 0.4) is 0 Å². The van der Waals surface area contributed by atoms with Gasteiger partial charge in [0, 0.05) is 50.1 Å². The van der Waals surface area contributed by atoms with E-state index in [2.05, 4.69) is 9.97 Å². The number of aromatic nitrogens is 2. The van der Waals surface area contributed by atoms with Gasteiger partial charge in [-0.3, -0.25) is 14.6 Å². The Balaban J connectivity index is 1.84. The minimum Gasteiger partial charge on any atom is -0.384 e. The largest absolute Gasteiger partial charge is 0.384 e. The SMILES string of the molecule is COC[C@@H]1CN(C(=O)c2ccc(C)[nH]c2=O)C[C@H]1c1ccncc1. The Morgan fingerprint density at radius 2 is 2.04 bits per heavy atom. The average molecular weight is 327 g/mol. The molecule has 1 aliphatic rings. The van der Waals surface area contributed by atoms with Crippen molar-refractivity contribution < 1.29 is 9.53 Å². The Hall–Kier alpha value is -2.47. The number of pyridine rings is 2. The van der Waals surface area contributed by atoms with E-state index in [1.54, 1.807) is 43.5 Å². The number of rotatable bonds is 4. The first-order valence-electron chi connectivity index (χ1n) is 7.98. The molecule has 24 heavy (non-hydrogen) atoms. The van der Waals surface area contributed by atoms with Gasteiger partial charge in [0.15, 0.2) is 0 Å². The average Bonchev–Trinajstić information content (AvgIpc) is 2.99. The molecule has 0 unspecified atom stereocenters. The summed E-state index contributed by atoms with van der Waals surface area (Å²) in [7, 11) is 1.67. The lowest BCUT2D eigenvalue weighted by molar-refractivity contribution is 0.0773. The first-order valence-corrected chi connectivity index (χ1v) is 7.98. The maximum atomic E-state index is 12.8. The second kappa shape index (κ2) is 6.97. The number of likely N-dealkylation sites (tertiary alicyclic amines) is 1. The van der Waals surface area contributed by atoms with Crippen molar-refractivity contribution in [2.24, 2.45) is 5.92 Å². The second-order valence-corrected chi connectivity index (χ2v) is 6.20. The van der Waals surface area contributed by atoms with E-state index in [0.29, 0.717) is 19.7 Å². The maximum Gasteiger partial charge on any atom is 0.260 e. The van der Waals surface area contributed by atoms with Crippen LogP contribution in [0.1, 0.15) is 27.5 Å². The van der Waals surface area contributed by atoms with Crippen molar-refractivity contribution in [2.45, 2.75) is 12.8 Å². The predicted molar refractivity (Wildman–Crippen MR) is 90.0 cm³/mol. The van der Waals surface area contributed by atoms with Gasteiger partial charge in [-0.1, -0.05) is 0 Å². The van der Waals surface area contributed by atoms with E-state index in [1.165, 1.54) is 0 Å². The van der Waals surface area contributed by atoms with E-state index >= 15 is 0 Å². The molecule has 1 amide bonds. The highest BCUT2D eigenvalue weighted by Gasteiger charge is 2.36. The summed E-state index contributed by atoms with van der Waals surface area (Å²) in [5, 5.41) is 0. The zero-order valence-electron chi connectivity index (χ0n) is 13.9. The molecule has 0 bridgehead atoms. The van der Waals surface area contributed by atoms with E-state index in [1.807, 2.05) is 12.1 Å². The van der Waals surface area contributed by atoms with Gasteiger partial charge in [0.1, 0.15) is 5.56 Å². The number of ether oxygens (including phenoxy) is 1. The first-order chi connectivity index (χ1) is 11.6. The van der Waals surface area contributed by atoms with Crippen molar-refractivity contribution in [3.8, 4) is 0 Å². The lowest BCUT2D eigenvalue weighted by atomic mass is 9.90. The number of methoxy groups -OCH3 is 1. The molecule has 2 aromatic rings. The van der Waals surface area contributed by atoms with Crippen molar-refractivity contribution in [3.05, 3.63) is 63.8 Å². The molecule has 2 atom stereocenters. The number of aryl methyl sites for hydroxylation is 1. The molecule has 0 saturated carbocycles. The normalized spacial score (nSPS) is 20.3. The Bertz CT molecular complexity index is 773. The van der Waals surface area contributed by atoms with E-state index in [-0.39, 0.29) is 28.9 Å². The monoisotopic (exact) mass is 327 g/mol. The van der Waals surface area contributed by atoms with Gasteiger partial charge in [0.05, 0.1) is 6.61 Å². The molecule has 1 N–H and O–H groups in total. The molecule has 3 rings (SSSR count). The predicted octanol–water partition coefficient (Wildman–Crippen LogP) is 1.58. The number of H-pyrrole nitrogens is 1. The highest BCUT2D eigenvalue weighted by Crippen LogP contribution is 2.33. The number of aromatic amines is 1. The van der Waals surface area contributed by atoms with E-state index < -0.39 is 0 Å². The highest BCUT2D eigenvalue weighted by atomic mass is 16.5. The fourth-order valence-corrected chi connectivity index (χ4v) is 3.32. The summed E-state index contributed by atoms with van der Waals surface area (Å²) in [6.45, 7) is 3.51. The summed E-state index contributed by atoms with van der Waals surface area (Å²) in [6.07, 6.45) is 3.52. The van der Waals surface area contributed by atoms with Crippen molar-refractivity contribution in [1.82, 2.24) is 14.9 Å². The molecule has 0 radical (unpaired) electrons. The Kier molecular flexibility index (Phi) is 4.76. The number of hydrogen-bond donors (Lipinski definition) is 1. The fraction of sp³-hybridized carbons (Fsp3) is 0.389. The lowest BCUT2D eigenvalue weighted by Gasteiger charge is -2.17. The van der Waals surface area contributed by atoms with Crippen molar-refractivity contribution in [3.63, 3.8) is 0 Å². The minimum absolute atomic E-state index is 0.182. The van der Waals surface area contributed by atoms with Gasteiger partial charge in [-0.15, -0.1) is 0 Å². The number of hydrogen-bond acceptors (Lipinski definition) is 4. The molecule has 0 spiro atoms. The summed E-state index contributed by atoms with van der Waals surface area (Å²) in [5.74, 6) is 0.154. The molecule has 0 aromatic carbocycles. The minimum atomic E-state index is -0.337. The summed E-state index contributed by atoms with van der Waals surface area (Å²) in [6, 6.07) is 7.29. The summed E-state index contributed by atoms with van der Waals surface area (Å²) >= 11 is 0. The van der Waals surface area contributed by atoms with Gasteiger partial charge >= 0.3 is 0 Å². The standard InChI is InChI=1S/C18H21N3O3/c1-12-3-4-15(17(22)20-12)18(23)21-9-14(11-24-2)16(10-21)13-5-7-19-8-6-13/h3-8,14,16H,9-11H2,1-2H3,(H,20,22)/t14-,16-/m0/s1. The molecule has 0 aliphatic carbocycles. The second-order valence-electron chi connectivity index (χ2n) is 6.20. The van der Waals surface area contributed by atoms with Gasteiger partial charge in [-0.05, 0) is 36.8 Å². The third-order valence-electron chi connectivity index (χ3n) is 4.53. The topological polar surface area (TPSA) is 75.3 Å². The van der Waals surface area contributed by atoms with Gasteiger partial charge in [-0.2, -0.15) is 0 Å². The van der Waals surface area contributed by atoms with E-state index in [9.17, 15) is 9.59 Å². The Morgan fingerprint density at radius 1 is 1.29 bits per heavy atom. The van der Waals surface area contributed by atoms with Crippen LogP contribution in [0.2, 0.25) is 0 Å². The Labute approximate surface area is 140 Å². The van der Waals surface area contributed by atoms with Crippen molar-refractivity contribution >= 4 is 5.91 Å². The van der Waals surface area contributed by atoms with E-state index in [4.69, 9.17) is 4.74 Å². The van der Waals surface area contributed by atoms with Crippen LogP contribution >= 0.6 is 0 Å². The van der Waals surface area contributed by atoms with Crippen molar-refractivity contribution in [1.29, 1.82) is 0 Å². The molecule has 6 nitrogen and oxygen atoms in total. The van der Waals surface area contributed by atoms with Gasteiger partial charge in [0.2, 0.25) is 0 Å². The van der Waals surface area contributed by atoms with Gasteiger partial charge in [-0.25, -0.2) is 0 Å². The molecule has 6 heteroatoms. The van der Waals surface area contributed by atoms with Crippen LogP contribution < -0.4 is 5.56 Å². The number of nitrogens with zero attached hydrogens (tertiary/aromatic N) is 2. The van der Waals surface area contributed by atoms with Crippen molar-refractivity contribution in [2.75, 3.05) is 26.8 Å². The summed E-state index contributed by atoms with van der Waals surface area (Å²) in [5.41, 5.74) is 1.73. The molecule has 1 saturated heterocycles. The highest BCUT2D eigenvalue weighted by molar-refractivity contribution is 5.94. The smallest absolute Gasteiger partial charge is 0.260 e. The summed E-state index contributed by atoms with van der Waals surface area (Å²) in [4.78, 5) is 33.3. The van der Waals surface area contributed by atoms with Gasteiger partial charge < -0.3 is 14.6 Å². The number of carbonyl (C=O) groups is 1. The van der Waals surface area contributed by atoms with Crippen LogP contribution in [0, 0.1) is 12.8 Å². The van der Waals surface area contributed by atoms with Crippen LogP contribution in [0.25, 0.3) is 0 Å². The Morgan fingerprint density at radius 3 is 2.71 bits per heavy atom. The third-order valence-corrected chi connectivity index (χ3v) is 4.53. The molecule has 1 fully saturated rings. The fourth-order valence-electron chi connectivity index (χ4n) is 3.32. The zero-order valence-corrected chi connectivity index (χ0v) is 13.9. The van der Waals surface area contributed by atoms with Crippen LogP contribution in [-0.2, 0) is 4.74 Å². The number of amides is 1. The molecular formula is C18H21N3O3. The zero-order chi connectivity index (χ0) is 17.1. The van der Waals surface area contributed by atoms with Gasteiger partial charge in [0.25, 0.3) is 11.5 Å². The van der Waals surface area contributed by atoms with Crippen LogP contribution in [0.4, 0.5) is 0 Å². The maximum absolute atomic E-state index is 12.8. The van der Waals surface area contributed by atoms with Crippen LogP contribution in [-0.4, -0.2) is 47.6 Å².